The average molecular weight is 406 g/mol. The van der Waals surface area contributed by atoms with Gasteiger partial charge < -0.3 is 19.5 Å². The fraction of sp³-hybridized carbons (Fsp3) is 0.619. The molecule has 6 nitrogen and oxygen atoms in total. The number of alkyl halides is 1. The van der Waals surface area contributed by atoms with Crippen molar-refractivity contribution in [2.24, 2.45) is 17.3 Å². The third-order valence-electron chi connectivity index (χ3n) is 6.58. The van der Waals surface area contributed by atoms with Crippen molar-refractivity contribution < 1.29 is 23.8 Å². The van der Waals surface area contributed by atoms with Crippen molar-refractivity contribution in [3.05, 3.63) is 18.2 Å². The van der Waals surface area contributed by atoms with Gasteiger partial charge in [-0.25, -0.2) is 0 Å². The van der Waals surface area contributed by atoms with Crippen molar-refractivity contribution >= 4 is 29.2 Å². The second-order valence-corrected chi connectivity index (χ2v) is 9.68. The van der Waals surface area contributed by atoms with E-state index in [9.17, 15) is 9.59 Å². The van der Waals surface area contributed by atoms with Crippen molar-refractivity contribution in [3.63, 3.8) is 0 Å². The molecule has 28 heavy (non-hydrogen) atoms. The minimum Gasteiger partial charge on any atom is -0.486 e. The van der Waals surface area contributed by atoms with Crippen LogP contribution in [0.15, 0.2) is 18.2 Å². The molecule has 0 spiro atoms. The van der Waals surface area contributed by atoms with Crippen LogP contribution in [-0.2, 0) is 14.3 Å². The molecular formula is C21H24ClNO5. The van der Waals surface area contributed by atoms with Gasteiger partial charge in [0.25, 0.3) is 5.91 Å². The summed E-state index contributed by atoms with van der Waals surface area (Å²) < 4.78 is 16.4. The van der Waals surface area contributed by atoms with E-state index in [1.807, 2.05) is 0 Å². The van der Waals surface area contributed by atoms with Crippen LogP contribution in [0, 0.1) is 17.3 Å². The Morgan fingerprint density at radius 3 is 2.54 bits per heavy atom. The molecule has 1 amide bonds. The molecular weight excluding hydrogens is 382 g/mol. The Labute approximate surface area is 168 Å². The van der Waals surface area contributed by atoms with Gasteiger partial charge in [-0.15, -0.1) is 11.6 Å². The standard InChI is InChI=1S/C21H24ClNO5/c22-21-9-13-5-14(10-21)8-20(7-13,12-21)19(25)28-11-18(24)23-15-1-2-16-17(6-15)27-4-3-26-16/h1-2,6,13-14H,3-5,7-12H2,(H,23,24)/t13-,14+,20?,21?. The Morgan fingerprint density at radius 2 is 1.82 bits per heavy atom. The van der Waals surface area contributed by atoms with E-state index in [0.29, 0.717) is 48.7 Å². The van der Waals surface area contributed by atoms with Gasteiger partial charge in [0.2, 0.25) is 0 Å². The zero-order chi connectivity index (χ0) is 19.4. The molecule has 4 fully saturated rings. The minimum absolute atomic E-state index is 0.253. The van der Waals surface area contributed by atoms with Crippen LogP contribution in [0.1, 0.15) is 38.5 Å². The molecule has 4 bridgehead atoms. The summed E-state index contributed by atoms with van der Waals surface area (Å²) in [4.78, 5) is 24.9. The van der Waals surface area contributed by atoms with Crippen LogP contribution in [0.4, 0.5) is 5.69 Å². The first kappa shape index (κ1) is 18.1. The molecule has 2 unspecified atom stereocenters. The van der Waals surface area contributed by atoms with E-state index in [1.54, 1.807) is 18.2 Å². The summed E-state index contributed by atoms with van der Waals surface area (Å²) in [5.41, 5.74) is 0.0862. The van der Waals surface area contributed by atoms with Crippen molar-refractivity contribution in [1.82, 2.24) is 0 Å². The van der Waals surface area contributed by atoms with Gasteiger partial charge in [-0.05, 0) is 62.5 Å². The highest BCUT2D eigenvalue weighted by Gasteiger charge is 2.60. The highest BCUT2D eigenvalue weighted by Crippen LogP contribution is 2.64. The Bertz CT molecular complexity index is 811. The van der Waals surface area contributed by atoms with E-state index in [0.717, 1.165) is 25.7 Å². The van der Waals surface area contributed by atoms with Gasteiger partial charge >= 0.3 is 5.97 Å². The molecule has 0 aromatic heterocycles. The molecule has 4 aliphatic carbocycles. The fourth-order valence-electron chi connectivity index (χ4n) is 5.99. The molecule has 6 rings (SSSR count). The predicted octanol–water partition coefficient (Wildman–Crippen LogP) is 3.52. The number of anilines is 1. The Hall–Kier alpha value is -1.95. The predicted molar refractivity (Wildman–Crippen MR) is 103 cm³/mol. The summed E-state index contributed by atoms with van der Waals surface area (Å²) in [6.07, 6.45) is 5.56. The number of nitrogens with one attached hydrogen (secondary N) is 1. The summed E-state index contributed by atoms with van der Waals surface area (Å²) in [6.45, 7) is 0.704. The molecule has 1 heterocycles. The van der Waals surface area contributed by atoms with Crippen molar-refractivity contribution in [3.8, 4) is 11.5 Å². The molecule has 1 N–H and O–H groups in total. The summed E-state index contributed by atoms with van der Waals surface area (Å²) in [5.74, 6) is 1.66. The quantitative estimate of drug-likeness (QED) is 0.612. The highest BCUT2D eigenvalue weighted by atomic mass is 35.5. The number of carbonyl (C=O) groups excluding carboxylic acids is 2. The Kier molecular flexibility index (Phi) is 4.23. The van der Waals surface area contributed by atoms with Gasteiger partial charge in [-0.1, -0.05) is 0 Å². The topological polar surface area (TPSA) is 73.9 Å². The molecule has 4 saturated carbocycles. The van der Waals surface area contributed by atoms with Gasteiger partial charge in [-0.2, -0.15) is 0 Å². The smallest absolute Gasteiger partial charge is 0.312 e. The maximum absolute atomic E-state index is 12.9. The first-order valence-electron chi connectivity index (χ1n) is 9.99. The number of esters is 1. The summed E-state index contributed by atoms with van der Waals surface area (Å²) in [5, 5.41) is 2.75. The van der Waals surface area contributed by atoms with Gasteiger partial charge in [0.15, 0.2) is 18.1 Å². The number of amides is 1. The SMILES string of the molecule is O=C(COC(=O)C12C[C@@H]3C[C@@H](CC(Cl)(C3)C1)C2)Nc1ccc2c(c1)OCCO2. The van der Waals surface area contributed by atoms with Crippen molar-refractivity contribution in [1.29, 1.82) is 0 Å². The first-order valence-corrected chi connectivity index (χ1v) is 10.4. The number of hydrogen-bond donors (Lipinski definition) is 1. The molecule has 1 aromatic carbocycles. The number of rotatable bonds is 4. The molecule has 0 saturated heterocycles. The lowest BCUT2D eigenvalue weighted by Crippen LogP contribution is -2.56. The summed E-state index contributed by atoms with van der Waals surface area (Å²) in [6, 6.07) is 5.21. The number of fused-ring (bicyclic) bond motifs is 1. The summed E-state index contributed by atoms with van der Waals surface area (Å²) in [7, 11) is 0. The van der Waals surface area contributed by atoms with Crippen LogP contribution in [0.2, 0.25) is 0 Å². The van der Waals surface area contributed by atoms with Crippen LogP contribution < -0.4 is 14.8 Å². The first-order chi connectivity index (χ1) is 13.4. The van der Waals surface area contributed by atoms with E-state index in [4.69, 9.17) is 25.8 Å². The number of ether oxygens (including phenoxy) is 3. The largest absolute Gasteiger partial charge is 0.486 e. The van der Waals surface area contributed by atoms with E-state index < -0.39 is 5.41 Å². The average Bonchev–Trinajstić information content (AvgIpc) is 2.64. The van der Waals surface area contributed by atoms with Crippen LogP contribution in [0.5, 0.6) is 11.5 Å². The number of halogens is 1. The van der Waals surface area contributed by atoms with Crippen LogP contribution in [0.3, 0.4) is 0 Å². The lowest BCUT2D eigenvalue weighted by Gasteiger charge is -2.58. The van der Waals surface area contributed by atoms with Gasteiger partial charge in [-0.3, -0.25) is 9.59 Å². The second-order valence-electron chi connectivity index (χ2n) is 8.87. The van der Waals surface area contributed by atoms with Gasteiger partial charge in [0.1, 0.15) is 13.2 Å². The van der Waals surface area contributed by atoms with E-state index >= 15 is 0 Å². The molecule has 0 radical (unpaired) electrons. The monoisotopic (exact) mass is 405 g/mol. The Balaban J connectivity index is 1.20. The molecule has 5 aliphatic rings. The van der Waals surface area contributed by atoms with Crippen molar-refractivity contribution in [2.75, 3.05) is 25.1 Å². The third kappa shape index (κ3) is 3.21. The number of benzene rings is 1. The lowest BCUT2D eigenvalue weighted by atomic mass is 9.49. The third-order valence-corrected chi connectivity index (χ3v) is 7.03. The van der Waals surface area contributed by atoms with Crippen LogP contribution in [-0.4, -0.2) is 36.6 Å². The lowest BCUT2D eigenvalue weighted by molar-refractivity contribution is -0.171. The van der Waals surface area contributed by atoms with Gasteiger partial charge in [0, 0.05) is 16.6 Å². The van der Waals surface area contributed by atoms with Crippen molar-refractivity contribution in [2.45, 2.75) is 43.4 Å². The zero-order valence-corrected chi connectivity index (χ0v) is 16.4. The molecule has 150 valence electrons. The normalized spacial score (nSPS) is 34.8. The highest BCUT2D eigenvalue weighted by molar-refractivity contribution is 6.24. The zero-order valence-electron chi connectivity index (χ0n) is 15.7. The molecule has 4 atom stereocenters. The molecule has 7 heteroatoms. The van der Waals surface area contributed by atoms with Crippen LogP contribution >= 0.6 is 11.6 Å². The number of carbonyl (C=O) groups is 2. The Morgan fingerprint density at radius 1 is 1.11 bits per heavy atom. The van der Waals surface area contributed by atoms with Crippen LogP contribution in [0.25, 0.3) is 0 Å². The van der Waals surface area contributed by atoms with E-state index in [1.165, 1.54) is 6.42 Å². The maximum Gasteiger partial charge on any atom is 0.312 e. The summed E-state index contributed by atoms with van der Waals surface area (Å²) >= 11 is 6.78. The fourth-order valence-corrected chi connectivity index (χ4v) is 6.68. The maximum atomic E-state index is 12.9. The molecule has 1 aromatic rings. The van der Waals surface area contributed by atoms with Gasteiger partial charge in [0.05, 0.1) is 5.41 Å². The number of hydrogen-bond acceptors (Lipinski definition) is 5. The van der Waals surface area contributed by atoms with E-state index in [2.05, 4.69) is 5.32 Å². The second kappa shape index (κ2) is 6.55. The molecule has 1 aliphatic heterocycles. The minimum atomic E-state index is -0.497. The van der Waals surface area contributed by atoms with E-state index in [-0.39, 0.29) is 23.4 Å².